The summed E-state index contributed by atoms with van der Waals surface area (Å²) in [5, 5.41) is 8.70. The molecule has 0 spiro atoms. The molecule has 0 aromatic heterocycles. The predicted molar refractivity (Wildman–Crippen MR) is 50.5 cm³/mol. The second-order valence-electron chi connectivity index (χ2n) is 4.31. The van der Waals surface area contributed by atoms with Crippen molar-refractivity contribution in [3.63, 3.8) is 0 Å². The van der Waals surface area contributed by atoms with E-state index in [9.17, 15) is 0 Å². The summed E-state index contributed by atoms with van der Waals surface area (Å²) >= 11 is 0. The van der Waals surface area contributed by atoms with Crippen LogP contribution in [0.15, 0.2) is 0 Å². The van der Waals surface area contributed by atoms with Crippen LogP contribution in [0.1, 0.15) is 46.0 Å². The Balaban J connectivity index is 2.47. The molecule has 0 aliphatic heterocycles. The van der Waals surface area contributed by atoms with Gasteiger partial charge in [0, 0.05) is 6.42 Å². The Morgan fingerprint density at radius 3 is 2.33 bits per heavy atom. The molecular formula is C11H19N. The van der Waals surface area contributed by atoms with E-state index in [-0.39, 0.29) is 0 Å². The van der Waals surface area contributed by atoms with Crippen LogP contribution in [0, 0.1) is 29.1 Å². The Kier molecular flexibility index (Phi) is 3.59. The van der Waals surface area contributed by atoms with E-state index in [1.165, 1.54) is 25.7 Å². The minimum atomic E-state index is 0.664. The quantitative estimate of drug-likeness (QED) is 0.629. The smallest absolute Gasteiger partial charge is 0.0624 e. The Morgan fingerprint density at radius 2 is 1.92 bits per heavy atom. The molecule has 1 rings (SSSR count). The van der Waals surface area contributed by atoms with Crippen molar-refractivity contribution in [2.24, 2.45) is 17.8 Å². The van der Waals surface area contributed by atoms with Gasteiger partial charge in [-0.15, -0.1) is 0 Å². The first-order valence-corrected chi connectivity index (χ1v) is 5.12. The summed E-state index contributed by atoms with van der Waals surface area (Å²) in [5.74, 6) is 2.20. The van der Waals surface area contributed by atoms with Crippen LogP contribution >= 0.6 is 0 Å². The van der Waals surface area contributed by atoms with Gasteiger partial charge in [0.1, 0.15) is 0 Å². The monoisotopic (exact) mass is 165 g/mol. The molecule has 1 aliphatic rings. The van der Waals surface area contributed by atoms with Gasteiger partial charge in [-0.3, -0.25) is 0 Å². The summed E-state index contributed by atoms with van der Waals surface area (Å²) in [4.78, 5) is 0. The highest BCUT2D eigenvalue weighted by Crippen LogP contribution is 2.36. The van der Waals surface area contributed by atoms with Crippen LogP contribution < -0.4 is 0 Å². The third-order valence-electron chi connectivity index (χ3n) is 3.19. The summed E-state index contributed by atoms with van der Waals surface area (Å²) in [7, 11) is 0. The molecule has 1 heteroatoms. The van der Waals surface area contributed by atoms with Crippen molar-refractivity contribution in [1.29, 1.82) is 5.26 Å². The maximum absolute atomic E-state index is 8.70. The number of nitriles is 1. The summed E-state index contributed by atoms with van der Waals surface area (Å²) < 4.78 is 0. The van der Waals surface area contributed by atoms with E-state index in [1.54, 1.807) is 0 Å². The molecule has 12 heavy (non-hydrogen) atoms. The zero-order chi connectivity index (χ0) is 8.97. The van der Waals surface area contributed by atoms with Crippen molar-refractivity contribution < 1.29 is 0 Å². The molecule has 0 bridgehead atoms. The molecule has 68 valence electrons. The van der Waals surface area contributed by atoms with Gasteiger partial charge >= 0.3 is 0 Å². The lowest BCUT2D eigenvalue weighted by molar-refractivity contribution is 0.262. The largest absolute Gasteiger partial charge is 0.198 e. The molecule has 1 saturated carbocycles. The van der Waals surface area contributed by atoms with Crippen molar-refractivity contribution in [3.8, 4) is 6.07 Å². The highest BCUT2D eigenvalue weighted by Gasteiger charge is 2.26. The molecule has 0 heterocycles. The zero-order valence-electron chi connectivity index (χ0n) is 8.21. The predicted octanol–water partition coefficient (Wildman–Crippen LogP) is 3.36. The van der Waals surface area contributed by atoms with Crippen molar-refractivity contribution in [1.82, 2.24) is 0 Å². The minimum absolute atomic E-state index is 0.664. The third-order valence-corrected chi connectivity index (χ3v) is 3.19. The van der Waals surface area contributed by atoms with E-state index in [0.29, 0.717) is 11.8 Å². The van der Waals surface area contributed by atoms with Gasteiger partial charge in [-0.25, -0.2) is 0 Å². The molecule has 1 nitrogen and oxygen atoms in total. The van der Waals surface area contributed by atoms with Gasteiger partial charge in [0.2, 0.25) is 0 Å². The fraction of sp³-hybridized carbons (Fsp3) is 0.909. The van der Waals surface area contributed by atoms with Gasteiger partial charge in [-0.2, -0.15) is 5.26 Å². The van der Waals surface area contributed by atoms with E-state index >= 15 is 0 Å². The van der Waals surface area contributed by atoms with Gasteiger partial charge in [0.25, 0.3) is 0 Å². The highest BCUT2D eigenvalue weighted by atomic mass is 14.3. The van der Waals surface area contributed by atoms with E-state index in [0.717, 1.165) is 12.3 Å². The van der Waals surface area contributed by atoms with Gasteiger partial charge in [0.05, 0.1) is 6.07 Å². The molecular weight excluding hydrogens is 146 g/mol. The third kappa shape index (κ3) is 2.24. The van der Waals surface area contributed by atoms with E-state index < -0.39 is 0 Å². The van der Waals surface area contributed by atoms with Crippen LogP contribution in [-0.2, 0) is 0 Å². The normalized spacial score (nSPS) is 21.2. The van der Waals surface area contributed by atoms with Crippen LogP contribution in [0.2, 0.25) is 0 Å². The summed E-state index contributed by atoms with van der Waals surface area (Å²) in [6.45, 7) is 4.50. The summed E-state index contributed by atoms with van der Waals surface area (Å²) in [6.07, 6.45) is 6.27. The Hall–Kier alpha value is -0.510. The average molecular weight is 165 g/mol. The van der Waals surface area contributed by atoms with Crippen LogP contribution in [0.3, 0.4) is 0 Å². The van der Waals surface area contributed by atoms with Crippen molar-refractivity contribution in [2.45, 2.75) is 46.0 Å². The number of hydrogen-bond donors (Lipinski definition) is 0. The lowest BCUT2D eigenvalue weighted by Gasteiger charge is -2.24. The van der Waals surface area contributed by atoms with Gasteiger partial charge in [-0.05, 0) is 17.8 Å². The molecule has 1 aliphatic carbocycles. The highest BCUT2D eigenvalue weighted by molar-refractivity contribution is 4.84. The van der Waals surface area contributed by atoms with Gasteiger partial charge < -0.3 is 0 Å². The molecule has 0 aromatic rings. The second kappa shape index (κ2) is 4.50. The van der Waals surface area contributed by atoms with E-state index in [4.69, 9.17) is 5.26 Å². The van der Waals surface area contributed by atoms with Crippen LogP contribution in [0.25, 0.3) is 0 Å². The van der Waals surface area contributed by atoms with Gasteiger partial charge in [-0.1, -0.05) is 39.5 Å². The Bertz CT molecular complexity index is 160. The summed E-state index contributed by atoms with van der Waals surface area (Å²) in [5.41, 5.74) is 0. The first-order chi connectivity index (χ1) is 5.75. The van der Waals surface area contributed by atoms with E-state index in [1.807, 2.05) is 0 Å². The van der Waals surface area contributed by atoms with Crippen molar-refractivity contribution in [3.05, 3.63) is 0 Å². The van der Waals surface area contributed by atoms with Crippen LogP contribution in [0.5, 0.6) is 0 Å². The molecule has 1 unspecified atom stereocenters. The molecule has 1 fully saturated rings. The molecule has 0 saturated heterocycles. The second-order valence-corrected chi connectivity index (χ2v) is 4.31. The van der Waals surface area contributed by atoms with Crippen molar-refractivity contribution in [2.75, 3.05) is 0 Å². The van der Waals surface area contributed by atoms with Gasteiger partial charge in [0.15, 0.2) is 0 Å². The Labute approximate surface area is 75.8 Å². The zero-order valence-corrected chi connectivity index (χ0v) is 8.21. The standard InChI is InChI=1S/C11H19N/c1-9(2)11(7-8-12)10-5-3-4-6-10/h9-11H,3-7H2,1-2H3. The molecule has 1 atom stereocenters. The molecule has 0 aromatic carbocycles. The maximum Gasteiger partial charge on any atom is 0.0624 e. The number of nitrogens with zero attached hydrogens (tertiary/aromatic N) is 1. The first kappa shape index (κ1) is 9.58. The molecule has 0 N–H and O–H groups in total. The van der Waals surface area contributed by atoms with E-state index in [2.05, 4.69) is 19.9 Å². The lowest BCUT2D eigenvalue weighted by atomic mass is 9.80. The minimum Gasteiger partial charge on any atom is -0.198 e. The molecule has 0 amide bonds. The maximum atomic E-state index is 8.70. The fourth-order valence-corrected chi connectivity index (χ4v) is 2.44. The number of hydrogen-bond acceptors (Lipinski definition) is 1. The SMILES string of the molecule is CC(C)C(CC#N)C1CCCC1. The topological polar surface area (TPSA) is 23.8 Å². The first-order valence-electron chi connectivity index (χ1n) is 5.12. The Morgan fingerprint density at radius 1 is 1.33 bits per heavy atom. The lowest BCUT2D eigenvalue weighted by Crippen LogP contribution is -2.17. The fourth-order valence-electron chi connectivity index (χ4n) is 2.44. The van der Waals surface area contributed by atoms with Crippen molar-refractivity contribution >= 4 is 0 Å². The molecule has 0 radical (unpaired) electrons. The average Bonchev–Trinajstić information content (AvgIpc) is 2.51. The summed E-state index contributed by atoms with van der Waals surface area (Å²) in [6, 6.07) is 2.33. The number of rotatable bonds is 3. The van der Waals surface area contributed by atoms with Crippen LogP contribution in [-0.4, -0.2) is 0 Å². The van der Waals surface area contributed by atoms with Crippen LogP contribution in [0.4, 0.5) is 0 Å².